The third-order valence-corrected chi connectivity index (χ3v) is 5.04. The molecular formula is C19H28ClFN2O. The van der Waals surface area contributed by atoms with Crippen LogP contribution in [0.1, 0.15) is 44.1 Å². The van der Waals surface area contributed by atoms with Gasteiger partial charge in [0, 0.05) is 19.5 Å². The number of nitrogens with zero attached hydrogens (tertiary/aromatic N) is 1. The Morgan fingerprint density at radius 1 is 1.08 bits per heavy atom. The maximum Gasteiger partial charge on any atom is 0.222 e. The van der Waals surface area contributed by atoms with Crippen LogP contribution in [0.15, 0.2) is 24.3 Å². The Bertz CT molecular complexity index is 513. The zero-order valence-corrected chi connectivity index (χ0v) is 15.0. The second kappa shape index (κ2) is 9.38. The molecule has 1 N–H and O–H groups in total. The Labute approximate surface area is 150 Å². The van der Waals surface area contributed by atoms with Gasteiger partial charge in [-0.15, -0.1) is 12.4 Å². The van der Waals surface area contributed by atoms with E-state index in [1.165, 1.54) is 37.8 Å². The summed E-state index contributed by atoms with van der Waals surface area (Å²) < 4.78 is 13.0. The first-order valence-corrected chi connectivity index (χ1v) is 8.93. The average molecular weight is 355 g/mol. The van der Waals surface area contributed by atoms with Gasteiger partial charge in [-0.25, -0.2) is 4.39 Å². The summed E-state index contributed by atoms with van der Waals surface area (Å²) in [6.07, 6.45) is 6.51. The van der Waals surface area contributed by atoms with E-state index in [-0.39, 0.29) is 24.1 Å². The third kappa shape index (κ3) is 6.06. The first-order chi connectivity index (χ1) is 11.2. The quantitative estimate of drug-likeness (QED) is 0.808. The third-order valence-electron chi connectivity index (χ3n) is 5.04. The van der Waals surface area contributed by atoms with Gasteiger partial charge in [0.15, 0.2) is 0 Å². The molecule has 3 rings (SSSR count). The molecule has 0 spiro atoms. The second-order valence-electron chi connectivity index (χ2n) is 7.08. The summed E-state index contributed by atoms with van der Waals surface area (Å²) in [5.74, 6) is 1.41. The number of nitrogens with one attached hydrogen (secondary N) is 1. The highest BCUT2D eigenvalue weighted by atomic mass is 35.5. The highest BCUT2D eigenvalue weighted by molar-refractivity contribution is 5.85. The lowest BCUT2D eigenvalue weighted by molar-refractivity contribution is -0.132. The molecule has 1 aliphatic heterocycles. The van der Waals surface area contributed by atoms with Gasteiger partial charge in [0.05, 0.1) is 0 Å². The number of halogens is 2. The Hall–Kier alpha value is -1.13. The molecule has 0 atom stereocenters. The van der Waals surface area contributed by atoms with Crippen molar-refractivity contribution in [3.63, 3.8) is 0 Å². The first kappa shape index (κ1) is 19.2. The fourth-order valence-corrected chi connectivity index (χ4v) is 3.33. The van der Waals surface area contributed by atoms with Crippen LogP contribution in [0, 0.1) is 17.7 Å². The zero-order chi connectivity index (χ0) is 16.1. The van der Waals surface area contributed by atoms with Crippen LogP contribution >= 0.6 is 12.4 Å². The van der Waals surface area contributed by atoms with Crippen LogP contribution in [0.2, 0.25) is 0 Å². The summed E-state index contributed by atoms with van der Waals surface area (Å²) in [5.41, 5.74) is 1.02. The topological polar surface area (TPSA) is 32.3 Å². The average Bonchev–Trinajstić information content (AvgIpc) is 3.39. The van der Waals surface area contributed by atoms with E-state index in [0.29, 0.717) is 24.8 Å². The fraction of sp³-hybridized carbons (Fsp3) is 0.632. The molecular weight excluding hydrogens is 327 g/mol. The molecule has 0 radical (unpaired) electrons. The lowest BCUT2D eigenvalue weighted by Gasteiger charge is -2.26. The second-order valence-corrected chi connectivity index (χ2v) is 7.08. The molecule has 0 unspecified atom stereocenters. The van der Waals surface area contributed by atoms with Crippen LogP contribution in [-0.4, -0.2) is 30.4 Å². The summed E-state index contributed by atoms with van der Waals surface area (Å²) in [5, 5.41) is 3.37. The summed E-state index contributed by atoms with van der Waals surface area (Å²) in [6.45, 7) is 3.64. The van der Waals surface area contributed by atoms with E-state index >= 15 is 0 Å². The predicted octanol–water partition coefficient (Wildman–Crippen LogP) is 3.77. The molecule has 1 saturated heterocycles. The molecule has 1 amide bonds. The van der Waals surface area contributed by atoms with E-state index in [9.17, 15) is 9.18 Å². The van der Waals surface area contributed by atoms with Gasteiger partial charge in [-0.05, 0) is 74.7 Å². The predicted molar refractivity (Wildman–Crippen MR) is 96.6 cm³/mol. The van der Waals surface area contributed by atoms with Crippen molar-refractivity contribution in [2.45, 2.75) is 45.1 Å². The van der Waals surface area contributed by atoms with Gasteiger partial charge >= 0.3 is 0 Å². The maximum atomic E-state index is 13.0. The van der Waals surface area contributed by atoms with Gasteiger partial charge in [-0.1, -0.05) is 12.1 Å². The molecule has 1 aromatic carbocycles. The number of hydrogen-bond acceptors (Lipinski definition) is 2. The number of benzene rings is 1. The molecule has 0 bridgehead atoms. The molecule has 5 heteroatoms. The molecule has 24 heavy (non-hydrogen) atoms. The van der Waals surface area contributed by atoms with Crippen LogP contribution < -0.4 is 5.32 Å². The number of amides is 1. The number of hydrogen-bond donors (Lipinski definition) is 1. The summed E-state index contributed by atoms with van der Waals surface area (Å²) in [7, 11) is 0. The van der Waals surface area contributed by atoms with E-state index in [1.807, 2.05) is 4.90 Å². The van der Waals surface area contributed by atoms with Gasteiger partial charge in [-0.2, -0.15) is 0 Å². The van der Waals surface area contributed by atoms with E-state index in [4.69, 9.17) is 0 Å². The van der Waals surface area contributed by atoms with Gasteiger partial charge in [0.25, 0.3) is 0 Å². The van der Waals surface area contributed by atoms with Crippen molar-refractivity contribution in [3.8, 4) is 0 Å². The van der Waals surface area contributed by atoms with Crippen molar-refractivity contribution in [2.75, 3.05) is 19.6 Å². The van der Waals surface area contributed by atoms with Crippen molar-refractivity contribution < 1.29 is 9.18 Å². The van der Waals surface area contributed by atoms with Crippen molar-refractivity contribution in [1.82, 2.24) is 10.2 Å². The normalized spacial score (nSPS) is 18.0. The van der Waals surface area contributed by atoms with E-state index < -0.39 is 0 Å². The number of piperidine rings is 1. The van der Waals surface area contributed by atoms with Gasteiger partial charge in [-0.3, -0.25) is 4.79 Å². The van der Waals surface area contributed by atoms with Crippen molar-refractivity contribution >= 4 is 18.3 Å². The molecule has 2 aliphatic rings. The monoisotopic (exact) mass is 354 g/mol. The van der Waals surface area contributed by atoms with Crippen LogP contribution in [0.4, 0.5) is 4.39 Å². The Morgan fingerprint density at radius 3 is 2.38 bits per heavy atom. The largest absolute Gasteiger partial charge is 0.338 e. The highest BCUT2D eigenvalue weighted by Crippen LogP contribution is 2.30. The maximum absolute atomic E-state index is 13.0. The number of carbonyl (C=O) groups is 1. The lowest BCUT2D eigenvalue weighted by atomic mass is 9.93. The van der Waals surface area contributed by atoms with Gasteiger partial charge in [0.2, 0.25) is 5.91 Å². The SMILES string of the molecule is Cl.O=C(CCC1CCNCC1)N(Cc1ccc(F)cc1)CC1CC1. The van der Waals surface area contributed by atoms with Crippen LogP contribution in [0.3, 0.4) is 0 Å². The lowest BCUT2D eigenvalue weighted by Crippen LogP contribution is -2.33. The van der Waals surface area contributed by atoms with Crippen LogP contribution in [0.25, 0.3) is 0 Å². The smallest absolute Gasteiger partial charge is 0.222 e. The van der Waals surface area contributed by atoms with Crippen LogP contribution in [0.5, 0.6) is 0 Å². The van der Waals surface area contributed by atoms with Gasteiger partial charge in [0.1, 0.15) is 5.82 Å². The summed E-state index contributed by atoms with van der Waals surface area (Å²) in [6, 6.07) is 6.53. The molecule has 3 nitrogen and oxygen atoms in total. The van der Waals surface area contributed by atoms with Crippen molar-refractivity contribution in [3.05, 3.63) is 35.6 Å². The zero-order valence-electron chi connectivity index (χ0n) is 14.2. The molecule has 2 fully saturated rings. The molecule has 1 aliphatic carbocycles. The Kier molecular flexibility index (Phi) is 7.50. The van der Waals surface area contributed by atoms with Gasteiger partial charge < -0.3 is 10.2 Å². The highest BCUT2D eigenvalue weighted by Gasteiger charge is 2.27. The molecule has 134 valence electrons. The number of carbonyl (C=O) groups excluding carboxylic acids is 1. The van der Waals surface area contributed by atoms with Crippen LogP contribution in [-0.2, 0) is 11.3 Å². The van der Waals surface area contributed by atoms with Crippen molar-refractivity contribution in [2.24, 2.45) is 11.8 Å². The van der Waals surface area contributed by atoms with E-state index in [2.05, 4.69) is 5.32 Å². The summed E-state index contributed by atoms with van der Waals surface area (Å²) >= 11 is 0. The minimum absolute atomic E-state index is 0. The Balaban J connectivity index is 0.00000208. The molecule has 0 aromatic heterocycles. The molecule has 1 saturated carbocycles. The van der Waals surface area contributed by atoms with E-state index in [0.717, 1.165) is 31.6 Å². The van der Waals surface area contributed by atoms with Crippen molar-refractivity contribution in [1.29, 1.82) is 0 Å². The fourth-order valence-electron chi connectivity index (χ4n) is 3.33. The summed E-state index contributed by atoms with van der Waals surface area (Å²) in [4.78, 5) is 14.6. The number of rotatable bonds is 7. The Morgan fingerprint density at radius 2 is 1.75 bits per heavy atom. The first-order valence-electron chi connectivity index (χ1n) is 8.93. The molecule has 1 heterocycles. The minimum Gasteiger partial charge on any atom is -0.338 e. The minimum atomic E-state index is -0.222. The standard InChI is InChI=1S/C19H27FN2O.ClH/c20-18-6-3-17(4-7-18)14-22(13-16-1-2-16)19(23)8-5-15-9-11-21-12-10-15;/h3-4,6-7,15-16,21H,1-2,5,8-14H2;1H. The van der Waals surface area contributed by atoms with E-state index in [1.54, 1.807) is 12.1 Å². The molecule has 1 aromatic rings.